The van der Waals surface area contributed by atoms with Crippen LogP contribution in [0.25, 0.3) is 0 Å². The summed E-state index contributed by atoms with van der Waals surface area (Å²) in [6.07, 6.45) is 1.35. The van der Waals surface area contributed by atoms with E-state index < -0.39 is 0 Å². The summed E-state index contributed by atoms with van der Waals surface area (Å²) in [6, 6.07) is 7.04. The molecule has 0 atom stereocenters. The first-order valence-electron chi connectivity index (χ1n) is 4.17. The number of rotatable bonds is 3. The Hall–Kier alpha value is -1.84. The van der Waals surface area contributed by atoms with E-state index in [1.54, 1.807) is 31.3 Å². The Morgan fingerprint density at radius 2 is 2.07 bits per heavy atom. The van der Waals surface area contributed by atoms with Crippen LogP contribution < -0.4 is 10.1 Å². The predicted octanol–water partition coefficient (Wildman–Crippen LogP) is 1.68. The van der Waals surface area contributed by atoms with Gasteiger partial charge in [0.15, 0.2) is 6.40 Å². The van der Waals surface area contributed by atoms with E-state index in [4.69, 9.17) is 4.74 Å². The highest BCUT2D eigenvalue weighted by atomic mass is 16.5. The SMILES string of the molecule is CN=COc1ccc(NC(C)=O)cc1. The maximum atomic E-state index is 10.7. The monoisotopic (exact) mass is 192 g/mol. The van der Waals surface area contributed by atoms with E-state index >= 15 is 0 Å². The quantitative estimate of drug-likeness (QED) is 0.585. The van der Waals surface area contributed by atoms with Gasteiger partial charge in [-0.1, -0.05) is 0 Å². The molecule has 0 saturated carbocycles. The van der Waals surface area contributed by atoms with Gasteiger partial charge in [-0.25, -0.2) is 0 Å². The second kappa shape index (κ2) is 5.01. The third kappa shape index (κ3) is 3.26. The van der Waals surface area contributed by atoms with Gasteiger partial charge in [-0.3, -0.25) is 9.79 Å². The standard InChI is InChI=1S/C10H12N2O2/c1-8(13)12-9-3-5-10(6-4-9)14-7-11-2/h3-7H,1-2H3,(H,12,13). The lowest BCUT2D eigenvalue weighted by Gasteiger charge is -2.02. The molecule has 0 heterocycles. The van der Waals surface area contributed by atoms with E-state index in [2.05, 4.69) is 10.3 Å². The molecule has 0 aliphatic carbocycles. The molecule has 0 spiro atoms. The van der Waals surface area contributed by atoms with Gasteiger partial charge < -0.3 is 10.1 Å². The molecule has 1 aromatic carbocycles. The summed E-state index contributed by atoms with van der Waals surface area (Å²) < 4.78 is 5.11. The molecule has 0 fully saturated rings. The number of hydrogen-bond donors (Lipinski definition) is 1. The van der Waals surface area contributed by atoms with Crippen molar-refractivity contribution in [1.82, 2.24) is 0 Å². The number of nitrogens with one attached hydrogen (secondary N) is 1. The van der Waals surface area contributed by atoms with E-state index in [1.807, 2.05) is 0 Å². The van der Waals surface area contributed by atoms with Crippen LogP contribution in [0.2, 0.25) is 0 Å². The van der Waals surface area contributed by atoms with E-state index in [0.29, 0.717) is 5.75 Å². The van der Waals surface area contributed by atoms with Gasteiger partial charge in [-0.2, -0.15) is 0 Å². The van der Waals surface area contributed by atoms with Gasteiger partial charge in [0, 0.05) is 19.7 Å². The average molecular weight is 192 g/mol. The number of aliphatic imine (C=N–C) groups is 1. The molecular weight excluding hydrogens is 180 g/mol. The number of carbonyl (C=O) groups excluding carboxylic acids is 1. The molecule has 0 saturated heterocycles. The smallest absolute Gasteiger partial charge is 0.221 e. The predicted molar refractivity (Wildman–Crippen MR) is 55.8 cm³/mol. The van der Waals surface area contributed by atoms with Gasteiger partial charge in [0.05, 0.1) is 0 Å². The highest BCUT2D eigenvalue weighted by molar-refractivity contribution is 5.88. The van der Waals surface area contributed by atoms with Crippen molar-refractivity contribution in [2.75, 3.05) is 12.4 Å². The number of carbonyl (C=O) groups is 1. The van der Waals surface area contributed by atoms with Crippen LogP contribution in [0.4, 0.5) is 5.69 Å². The lowest BCUT2D eigenvalue weighted by atomic mass is 10.3. The molecule has 0 aliphatic rings. The number of ether oxygens (including phenoxy) is 1. The number of amides is 1. The Bertz CT molecular complexity index is 330. The van der Waals surface area contributed by atoms with Crippen LogP contribution in [0.15, 0.2) is 29.3 Å². The van der Waals surface area contributed by atoms with Gasteiger partial charge in [-0.15, -0.1) is 0 Å². The average Bonchev–Trinajstić information content (AvgIpc) is 2.16. The molecule has 1 amide bonds. The molecule has 1 aromatic rings. The third-order valence-corrected chi connectivity index (χ3v) is 1.47. The van der Waals surface area contributed by atoms with E-state index in [1.165, 1.54) is 13.3 Å². The molecule has 1 N–H and O–H groups in total. The van der Waals surface area contributed by atoms with Crippen LogP contribution in [0.1, 0.15) is 6.92 Å². The first-order chi connectivity index (χ1) is 6.72. The highest BCUT2D eigenvalue weighted by Crippen LogP contribution is 2.14. The van der Waals surface area contributed by atoms with Crippen LogP contribution >= 0.6 is 0 Å². The van der Waals surface area contributed by atoms with Crippen molar-refractivity contribution in [1.29, 1.82) is 0 Å². The topological polar surface area (TPSA) is 50.7 Å². The molecule has 1 rings (SSSR count). The minimum absolute atomic E-state index is 0.0891. The fraction of sp³-hybridized carbons (Fsp3) is 0.200. The van der Waals surface area contributed by atoms with Crippen molar-refractivity contribution in [3.63, 3.8) is 0 Å². The lowest BCUT2D eigenvalue weighted by Crippen LogP contribution is -2.05. The maximum absolute atomic E-state index is 10.7. The van der Waals surface area contributed by atoms with Crippen molar-refractivity contribution in [3.8, 4) is 5.75 Å². The number of hydrogen-bond acceptors (Lipinski definition) is 3. The molecule has 0 aromatic heterocycles. The molecule has 0 bridgehead atoms. The summed E-state index contributed by atoms with van der Waals surface area (Å²) in [5.74, 6) is 0.596. The van der Waals surface area contributed by atoms with Crippen molar-refractivity contribution in [2.45, 2.75) is 6.92 Å². The molecular formula is C10H12N2O2. The Morgan fingerprint density at radius 1 is 1.43 bits per heavy atom. The zero-order valence-corrected chi connectivity index (χ0v) is 8.15. The van der Waals surface area contributed by atoms with Gasteiger partial charge in [0.25, 0.3) is 0 Å². The van der Waals surface area contributed by atoms with E-state index in [-0.39, 0.29) is 5.91 Å². The molecule has 0 aliphatic heterocycles. The summed E-state index contributed by atoms with van der Waals surface area (Å²) in [5, 5.41) is 2.66. The van der Waals surface area contributed by atoms with Crippen LogP contribution in [-0.4, -0.2) is 19.4 Å². The van der Waals surface area contributed by atoms with E-state index in [9.17, 15) is 4.79 Å². The largest absolute Gasteiger partial charge is 0.446 e. The number of anilines is 1. The first-order valence-corrected chi connectivity index (χ1v) is 4.17. The Balaban J connectivity index is 2.63. The van der Waals surface area contributed by atoms with Gasteiger partial charge in [0.1, 0.15) is 5.75 Å². The minimum atomic E-state index is -0.0891. The fourth-order valence-electron chi connectivity index (χ4n) is 0.934. The summed E-state index contributed by atoms with van der Waals surface area (Å²) in [5.41, 5.74) is 0.748. The van der Waals surface area contributed by atoms with Gasteiger partial charge in [0.2, 0.25) is 5.91 Å². The zero-order valence-electron chi connectivity index (χ0n) is 8.15. The van der Waals surface area contributed by atoms with E-state index in [0.717, 1.165) is 5.69 Å². The lowest BCUT2D eigenvalue weighted by molar-refractivity contribution is -0.114. The molecule has 0 unspecified atom stereocenters. The number of benzene rings is 1. The van der Waals surface area contributed by atoms with Crippen LogP contribution in [-0.2, 0) is 4.79 Å². The summed E-state index contributed by atoms with van der Waals surface area (Å²) in [4.78, 5) is 14.4. The van der Waals surface area contributed by atoms with Crippen molar-refractivity contribution < 1.29 is 9.53 Å². The Morgan fingerprint density at radius 3 is 2.57 bits per heavy atom. The number of nitrogens with zero attached hydrogens (tertiary/aromatic N) is 1. The van der Waals surface area contributed by atoms with Crippen LogP contribution in [0, 0.1) is 0 Å². The van der Waals surface area contributed by atoms with Crippen molar-refractivity contribution >= 4 is 18.0 Å². The third-order valence-electron chi connectivity index (χ3n) is 1.47. The van der Waals surface area contributed by atoms with Gasteiger partial charge >= 0.3 is 0 Å². The highest BCUT2D eigenvalue weighted by Gasteiger charge is 1.95. The van der Waals surface area contributed by atoms with Crippen molar-refractivity contribution in [2.24, 2.45) is 4.99 Å². The molecule has 74 valence electrons. The Kier molecular flexibility index (Phi) is 3.67. The first kappa shape index (κ1) is 10.2. The molecule has 0 radical (unpaired) electrons. The second-order valence-corrected chi connectivity index (χ2v) is 2.69. The van der Waals surface area contributed by atoms with Crippen LogP contribution in [0.5, 0.6) is 5.75 Å². The fourth-order valence-corrected chi connectivity index (χ4v) is 0.934. The van der Waals surface area contributed by atoms with Crippen LogP contribution in [0.3, 0.4) is 0 Å². The summed E-state index contributed by atoms with van der Waals surface area (Å²) in [7, 11) is 1.63. The molecule has 14 heavy (non-hydrogen) atoms. The normalized spacial score (nSPS) is 10.1. The summed E-state index contributed by atoms with van der Waals surface area (Å²) >= 11 is 0. The maximum Gasteiger partial charge on any atom is 0.221 e. The van der Waals surface area contributed by atoms with Gasteiger partial charge in [-0.05, 0) is 24.3 Å². The zero-order chi connectivity index (χ0) is 10.4. The minimum Gasteiger partial charge on any atom is -0.446 e. The molecule has 4 nitrogen and oxygen atoms in total. The second-order valence-electron chi connectivity index (χ2n) is 2.69. The molecule has 4 heteroatoms. The Labute approximate surface area is 82.6 Å². The summed E-state index contributed by atoms with van der Waals surface area (Å²) in [6.45, 7) is 1.47. The van der Waals surface area contributed by atoms with Crippen molar-refractivity contribution in [3.05, 3.63) is 24.3 Å².